The summed E-state index contributed by atoms with van der Waals surface area (Å²) in [5.41, 5.74) is 1.22. The summed E-state index contributed by atoms with van der Waals surface area (Å²) in [7, 11) is 0. The maximum absolute atomic E-state index is 10.2. The maximum atomic E-state index is 10.2. The third kappa shape index (κ3) is 5.41. The highest BCUT2D eigenvalue weighted by Crippen LogP contribution is 2.19. The van der Waals surface area contributed by atoms with Gasteiger partial charge in [-0.1, -0.05) is 6.07 Å². The minimum absolute atomic E-state index is 0.407. The second kappa shape index (κ2) is 8.76. The average molecular weight is 350 g/mol. The molecule has 0 unspecified atom stereocenters. The van der Waals surface area contributed by atoms with Crippen LogP contribution in [0.5, 0.6) is 0 Å². The van der Waals surface area contributed by atoms with Crippen molar-refractivity contribution in [2.45, 2.75) is 39.0 Å². The second-order valence-corrected chi connectivity index (χ2v) is 7.76. The first kappa shape index (κ1) is 17.6. The van der Waals surface area contributed by atoms with Crippen molar-refractivity contribution in [3.63, 3.8) is 0 Å². The molecule has 24 heavy (non-hydrogen) atoms. The van der Waals surface area contributed by atoms with Gasteiger partial charge in [0.2, 0.25) is 0 Å². The largest absolute Gasteiger partial charge is 0.389 e. The van der Waals surface area contributed by atoms with E-state index in [1.807, 2.05) is 17.6 Å². The standard InChI is InChI=1S/C18H27N3O2S/c1-15-9-19-21(10-15)11-16-4-6-20(7-5-16)12-17(22)13-23-14-18-3-2-8-24-18/h2-3,8-10,16-17,22H,4-7,11-14H2,1H3/t17-/m0/s1. The van der Waals surface area contributed by atoms with Crippen LogP contribution in [-0.4, -0.2) is 52.1 Å². The number of ether oxygens (including phenoxy) is 1. The molecule has 1 aliphatic heterocycles. The minimum Gasteiger partial charge on any atom is -0.389 e. The number of hydrogen-bond donors (Lipinski definition) is 1. The number of likely N-dealkylation sites (tertiary alicyclic amines) is 1. The van der Waals surface area contributed by atoms with E-state index < -0.39 is 6.10 Å². The Hall–Kier alpha value is -1.21. The van der Waals surface area contributed by atoms with Crippen LogP contribution < -0.4 is 0 Å². The topological polar surface area (TPSA) is 50.5 Å². The molecule has 3 heterocycles. The number of aromatic nitrogens is 2. The predicted octanol–water partition coefficient (Wildman–Crippen LogP) is 2.54. The number of β-amino-alcohol motifs (C(OH)–C–C–N with tert-alkyl or cyclic N) is 1. The van der Waals surface area contributed by atoms with Crippen molar-refractivity contribution in [2.75, 3.05) is 26.2 Å². The monoisotopic (exact) mass is 349 g/mol. The zero-order valence-corrected chi connectivity index (χ0v) is 15.1. The molecule has 132 valence electrons. The van der Waals surface area contributed by atoms with Crippen LogP contribution in [0.3, 0.4) is 0 Å². The first-order valence-corrected chi connectivity index (χ1v) is 9.56. The smallest absolute Gasteiger partial charge is 0.0900 e. The van der Waals surface area contributed by atoms with E-state index in [0.717, 1.165) is 19.6 Å². The van der Waals surface area contributed by atoms with E-state index in [0.29, 0.717) is 25.7 Å². The molecule has 0 amide bonds. The molecule has 1 fully saturated rings. The van der Waals surface area contributed by atoms with Crippen LogP contribution >= 0.6 is 11.3 Å². The fourth-order valence-corrected chi connectivity index (χ4v) is 3.86. The Bertz CT molecular complexity index is 591. The van der Waals surface area contributed by atoms with Crippen LogP contribution in [0.2, 0.25) is 0 Å². The molecule has 0 radical (unpaired) electrons. The van der Waals surface area contributed by atoms with Gasteiger partial charge in [-0.25, -0.2) is 0 Å². The van der Waals surface area contributed by atoms with Crippen LogP contribution in [0.1, 0.15) is 23.3 Å². The molecule has 0 bridgehead atoms. The summed E-state index contributed by atoms with van der Waals surface area (Å²) in [6, 6.07) is 4.08. The van der Waals surface area contributed by atoms with E-state index in [9.17, 15) is 5.11 Å². The molecule has 3 rings (SSSR count). The van der Waals surface area contributed by atoms with E-state index in [1.165, 1.54) is 23.3 Å². The molecule has 5 nitrogen and oxygen atoms in total. The number of aryl methyl sites for hydroxylation is 1. The molecule has 0 spiro atoms. The maximum Gasteiger partial charge on any atom is 0.0900 e. The summed E-state index contributed by atoms with van der Waals surface area (Å²) in [4.78, 5) is 3.56. The first-order chi connectivity index (χ1) is 11.7. The molecule has 2 aromatic rings. The average Bonchev–Trinajstić information content (AvgIpc) is 3.21. The molecule has 2 aromatic heterocycles. The van der Waals surface area contributed by atoms with E-state index in [2.05, 4.69) is 33.9 Å². The second-order valence-electron chi connectivity index (χ2n) is 6.73. The number of thiophene rings is 1. The summed E-state index contributed by atoms with van der Waals surface area (Å²) < 4.78 is 7.66. The highest BCUT2D eigenvalue weighted by Gasteiger charge is 2.21. The number of aliphatic hydroxyl groups is 1. The van der Waals surface area contributed by atoms with E-state index in [4.69, 9.17) is 4.74 Å². The van der Waals surface area contributed by atoms with E-state index in [1.54, 1.807) is 11.3 Å². The number of rotatable bonds is 8. The Morgan fingerprint density at radius 2 is 2.25 bits per heavy atom. The molecule has 1 saturated heterocycles. The fourth-order valence-electron chi connectivity index (χ4n) is 3.22. The van der Waals surface area contributed by atoms with Crippen molar-refractivity contribution in [1.29, 1.82) is 0 Å². The molecule has 1 aliphatic rings. The van der Waals surface area contributed by atoms with Crippen molar-refractivity contribution < 1.29 is 9.84 Å². The lowest BCUT2D eigenvalue weighted by molar-refractivity contribution is 0.00463. The van der Waals surface area contributed by atoms with Gasteiger partial charge in [0.1, 0.15) is 0 Å². The highest BCUT2D eigenvalue weighted by atomic mass is 32.1. The quantitative estimate of drug-likeness (QED) is 0.796. The van der Waals surface area contributed by atoms with Gasteiger partial charge in [-0.3, -0.25) is 4.68 Å². The van der Waals surface area contributed by atoms with Crippen LogP contribution in [0.15, 0.2) is 29.9 Å². The number of nitrogens with zero attached hydrogens (tertiary/aromatic N) is 3. The van der Waals surface area contributed by atoms with Crippen LogP contribution in [0.25, 0.3) is 0 Å². The van der Waals surface area contributed by atoms with Gasteiger partial charge in [0.15, 0.2) is 0 Å². The number of piperidine rings is 1. The van der Waals surface area contributed by atoms with Gasteiger partial charge in [0.25, 0.3) is 0 Å². The van der Waals surface area contributed by atoms with Gasteiger partial charge < -0.3 is 14.7 Å². The third-order valence-electron chi connectivity index (χ3n) is 4.52. The third-order valence-corrected chi connectivity index (χ3v) is 5.37. The summed E-state index contributed by atoms with van der Waals surface area (Å²) >= 11 is 1.69. The lowest BCUT2D eigenvalue weighted by Crippen LogP contribution is -2.41. The molecule has 1 N–H and O–H groups in total. The number of aliphatic hydroxyl groups excluding tert-OH is 1. The van der Waals surface area contributed by atoms with Crippen molar-refractivity contribution in [3.8, 4) is 0 Å². The van der Waals surface area contributed by atoms with Gasteiger partial charge in [-0.15, -0.1) is 11.3 Å². The zero-order chi connectivity index (χ0) is 16.8. The van der Waals surface area contributed by atoms with E-state index in [-0.39, 0.29) is 0 Å². The summed E-state index contributed by atoms with van der Waals surface area (Å²) in [6.45, 7) is 6.89. The SMILES string of the molecule is Cc1cnn(CC2CCN(C[C@H](O)COCc3cccs3)CC2)c1. The van der Waals surface area contributed by atoms with Gasteiger partial charge in [0, 0.05) is 24.2 Å². The molecule has 6 heteroatoms. The Morgan fingerprint density at radius 3 is 2.92 bits per heavy atom. The molecule has 0 saturated carbocycles. The van der Waals surface area contributed by atoms with Crippen molar-refractivity contribution >= 4 is 11.3 Å². The summed E-state index contributed by atoms with van der Waals surface area (Å²) in [5.74, 6) is 0.688. The summed E-state index contributed by atoms with van der Waals surface area (Å²) in [5, 5.41) is 16.6. The van der Waals surface area contributed by atoms with Crippen LogP contribution in [0, 0.1) is 12.8 Å². The normalized spacial score (nSPS) is 18.1. The molecule has 0 aromatic carbocycles. The Kier molecular flexibility index (Phi) is 6.43. The Morgan fingerprint density at radius 1 is 1.42 bits per heavy atom. The van der Waals surface area contributed by atoms with Gasteiger partial charge >= 0.3 is 0 Å². The van der Waals surface area contributed by atoms with Crippen LogP contribution in [-0.2, 0) is 17.9 Å². The lowest BCUT2D eigenvalue weighted by atomic mass is 9.96. The minimum atomic E-state index is -0.407. The molecular formula is C18H27N3O2S. The summed E-state index contributed by atoms with van der Waals surface area (Å²) in [6.07, 6.45) is 5.96. The first-order valence-electron chi connectivity index (χ1n) is 8.68. The van der Waals surface area contributed by atoms with Gasteiger partial charge in [-0.2, -0.15) is 5.10 Å². The van der Waals surface area contributed by atoms with Crippen molar-refractivity contribution in [3.05, 3.63) is 40.3 Å². The highest BCUT2D eigenvalue weighted by molar-refractivity contribution is 7.09. The van der Waals surface area contributed by atoms with Gasteiger partial charge in [-0.05, 0) is 55.8 Å². The predicted molar refractivity (Wildman–Crippen MR) is 96.1 cm³/mol. The molecule has 1 atom stereocenters. The fraction of sp³-hybridized carbons (Fsp3) is 0.611. The van der Waals surface area contributed by atoms with Crippen molar-refractivity contribution in [1.82, 2.24) is 14.7 Å². The number of hydrogen-bond acceptors (Lipinski definition) is 5. The lowest BCUT2D eigenvalue weighted by Gasteiger charge is -2.33. The van der Waals surface area contributed by atoms with Gasteiger partial charge in [0.05, 0.1) is 25.5 Å². The van der Waals surface area contributed by atoms with Crippen molar-refractivity contribution in [2.24, 2.45) is 5.92 Å². The Labute approximate surface area is 147 Å². The zero-order valence-electron chi connectivity index (χ0n) is 14.3. The molecule has 0 aliphatic carbocycles. The Balaban J connectivity index is 1.31. The van der Waals surface area contributed by atoms with E-state index >= 15 is 0 Å². The van der Waals surface area contributed by atoms with Crippen LogP contribution in [0.4, 0.5) is 0 Å². The molecular weight excluding hydrogens is 322 g/mol.